The fourth-order valence-corrected chi connectivity index (χ4v) is 8.56. The minimum Gasteiger partial charge on any atom is -0.486 e. The van der Waals surface area contributed by atoms with Gasteiger partial charge in [-0.25, -0.2) is 0 Å². The van der Waals surface area contributed by atoms with E-state index in [-0.39, 0.29) is 41.6 Å². The number of benzene rings is 1. The third kappa shape index (κ3) is 3.99. The van der Waals surface area contributed by atoms with Crippen LogP contribution in [0.4, 0.5) is 0 Å². The minimum atomic E-state index is -0.802. The van der Waals surface area contributed by atoms with Crippen LogP contribution in [0.25, 0.3) is 10.8 Å². The van der Waals surface area contributed by atoms with Crippen LogP contribution in [0.15, 0.2) is 72.3 Å². The van der Waals surface area contributed by atoms with Crippen molar-refractivity contribution in [2.75, 3.05) is 6.61 Å². The zero-order valence-corrected chi connectivity index (χ0v) is 24.2. The number of ether oxygens (including phenoxy) is 3. The van der Waals surface area contributed by atoms with Crippen LogP contribution in [0.5, 0.6) is 0 Å². The quantitative estimate of drug-likeness (QED) is 0.323. The molecule has 41 heavy (non-hydrogen) atoms. The largest absolute Gasteiger partial charge is 0.486 e. The summed E-state index contributed by atoms with van der Waals surface area (Å²) >= 11 is 0. The average molecular weight is 556 g/mol. The van der Waals surface area contributed by atoms with Crippen molar-refractivity contribution in [1.29, 1.82) is 0 Å². The summed E-state index contributed by atoms with van der Waals surface area (Å²) in [4.78, 5) is 41.5. The SMILES string of the molecule is C=C[C@@]12CC(OC(C)=O)[C@H](c3cccc4cnccc34)[C@@]1(C)CCC1=CC3=C(CC(COC(C)=O)CC3=O)O[C@]12C. The van der Waals surface area contributed by atoms with Crippen LogP contribution < -0.4 is 0 Å². The maximum atomic E-state index is 13.2. The molecule has 1 aromatic carbocycles. The highest BCUT2D eigenvalue weighted by Gasteiger charge is 2.72. The molecule has 1 aliphatic heterocycles. The number of aromatic nitrogens is 1. The van der Waals surface area contributed by atoms with E-state index in [2.05, 4.69) is 37.5 Å². The summed E-state index contributed by atoms with van der Waals surface area (Å²) in [6.07, 6.45) is 10.3. The molecule has 2 fully saturated rings. The number of ketones is 1. The molecular formula is C34H37NO6. The van der Waals surface area contributed by atoms with Crippen molar-refractivity contribution >= 4 is 28.5 Å². The summed E-state index contributed by atoms with van der Waals surface area (Å²) in [5.41, 5.74) is 1.05. The summed E-state index contributed by atoms with van der Waals surface area (Å²) in [5, 5.41) is 2.13. The van der Waals surface area contributed by atoms with Gasteiger partial charge in [0.25, 0.3) is 0 Å². The summed E-state index contributed by atoms with van der Waals surface area (Å²) in [7, 11) is 0. The van der Waals surface area contributed by atoms with Crippen LogP contribution >= 0.6 is 0 Å². The molecule has 2 saturated carbocycles. The van der Waals surface area contributed by atoms with Gasteiger partial charge in [-0.05, 0) is 60.3 Å². The number of pyridine rings is 1. The molecule has 2 aromatic rings. The van der Waals surface area contributed by atoms with Gasteiger partial charge in [0.2, 0.25) is 0 Å². The molecule has 2 heterocycles. The van der Waals surface area contributed by atoms with Crippen molar-refractivity contribution in [3.05, 3.63) is 77.9 Å². The number of carbonyl (C=O) groups excluding carboxylic acids is 3. The minimum absolute atomic E-state index is 0.0189. The van der Waals surface area contributed by atoms with Crippen molar-refractivity contribution in [3.63, 3.8) is 0 Å². The van der Waals surface area contributed by atoms with E-state index in [9.17, 15) is 14.4 Å². The summed E-state index contributed by atoms with van der Waals surface area (Å²) in [6, 6.07) is 8.28. The fourth-order valence-electron chi connectivity index (χ4n) is 8.56. The molecule has 6 rings (SSSR count). The van der Waals surface area contributed by atoms with Gasteiger partial charge >= 0.3 is 11.9 Å². The lowest BCUT2D eigenvalue weighted by Crippen LogP contribution is -2.59. The van der Waals surface area contributed by atoms with Crippen molar-refractivity contribution in [1.82, 2.24) is 4.98 Å². The van der Waals surface area contributed by atoms with E-state index >= 15 is 0 Å². The Kier molecular flexibility index (Phi) is 6.47. The number of hydrogen-bond acceptors (Lipinski definition) is 7. The fraction of sp³-hybridized carbons (Fsp3) is 0.471. The van der Waals surface area contributed by atoms with Gasteiger partial charge < -0.3 is 14.2 Å². The Labute approximate surface area is 240 Å². The van der Waals surface area contributed by atoms with Gasteiger partial charge in [0.15, 0.2) is 5.78 Å². The van der Waals surface area contributed by atoms with E-state index in [1.165, 1.54) is 13.8 Å². The van der Waals surface area contributed by atoms with Gasteiger partial charge in [-0.3, -0.25) is 19.4 Å². The van der Waals surface area contributed by atoms with Gasteiger partial charge in [0.1, 0.15) is 17.5 Å². The van der Waals surface area contributed by atoms with Gasteiger partial charge in [0, 0.05) is 61.7 Å². The van der Waals surface area contributed by atoms with Gasteiger partial charge in [-0.15, -0.1) is 6.58 Å². The van der Waals surface area contributed by atoms with Crippen LogP contribution in [-0.4, -0.2) is 41.0 Å². The number of nitrogens with zero attached hydrogens (tertiary/aromatic N) is 1. The van der Waals surface area contributed by atoms with Gasteiger partial charge in [0.05, 0.1) is 12.2 Å². The summed E-state index contributed by atoms with van der Waals surface area (Å²) < 4.78 is 18.4. The second-order valence-electron chi connectivity index (χ2n) is 12.5. The van der Waals surface area contributed by atoms with Crippen LogP contribution in [-0.2, 0) is 28.6 Å². The van der Waals surface area contributed by atoms with Crippen molar-refractivity contribution in [2.45, 2.75) is 77.4 Å². The second kappa shape index (κ2) is 9.68. The molecule has 0 amide bonds. The van der Waals surface area contributed by atoms with E-state index in [0.29, 0.717) is 30.6 Å². The van der Waals surface area contributed by atoms with Crippen LogP contribution in [0, 0.1) is 16.7 Å². The lowest BCUT2D eigenvalue weighted by Gasteiger charge is -2.60. The number of allylic oxidation sites excluding steroid dienone is 3. The van der Waals surface area contributed by atoms with Crippen molar-refractivity contribution in [2.24, 2.45) is 16.7 Å². The highest BCUT2D eigenvalue weighted by Crippen LogP contribution is 2.73. The molecule has 0 N–H and O–H groups in total. The highest BCUT2D eigenvalue weighted by molar-refractivity contribution is 6.00. The lowest BCUT2D eigenvalue weighted by molar-refractivity contribution is -0.147. The van der Waals surface area contributed by atoms with Gasteiger partial charge in [-0.1, -0.05) is 31.2 Å². The van der Waals surface area contributed by atoms with Crippen LogP contribution in [0.1, 0.15) is 71.3 Å². The first-order valence-electron chi connectivity index (χ1n) is 14.5. The molecule has 6 atom stereocenters. The lowest BCUT2D eigenvalue weighted by atomic mass is 9.48. The van der Waals surface area contributed by atoms with Crippen LogP contribution in [0.3, 0.4) is 0 Å². The standard InChI is InChI=1S/C34H37NO6/c1-6-34-17-30(40-21(3)37)31(26-9-7-8-23-18-35-13-11-25(23)26)32(34,4)12-10-24-16-27-28(38)14-22(19-39-20(2)36)15-29(27)41-33(24,34)5/h6-9,11,13,16,18,22,30-31H,1,10,12,14-15,17,19H2,2-5H3/t22?,30?,31-,32+,33+,34+/m0/s1. The molecule has 7 nitrogen and oxygen atoms in total. The monoisotopic (exact) mass is 555 g/mol. The molecule has 2 unspecified atom stereocenters. The number of hydrogen-bond donors (Lipinski definition) is 0. The zero-order chi connectivity index (χ0) is 29.2. The van der Waals surface area contributed by atoms with Crippen molar-refractivity contribution < 1.29 is 28.6 Å². The molecule has 214 valence electrons. The Hall–Kier alpha value is -3.74. The Morgan fingerprint density at radius 2 is 1.98 bits per heavy atom. The normalized spacial score (nSPS) is 34.1. The predicted molar refractivity (Wildman–Crippen MR) is 154 cm³/mol. The van der Waals surface area contributed by atoms with Crippen molar-refractivity contribution in [3.8, 4) is 0 Å². The van der Waals surface area contributed by atoms with E-state index in [1.807, 2.05) is 30.5 Å². The predicted octanol–water partition coefficient (Wildman–Crippen LogP) is 6.14. The maximum absolute atomic E-state index is 13.2. The number of carbonyl (C=O) groups is 3. The molecule has 1 aromatic heterocycles. The molecule has 0 saturated heterocycles. The first kappa shape index (κ1) is 27.4. The maximum Gasteiger partial charge on any atom is 0.302 e. The third-order valence-electron chi connectivity index (χ3n) is 10.4. The Bertz CT molecular complexity index is 1530. The first-order chi connectivity index (χ1) is 19.5. The smallest absolute Gasteiger partial charge is 0.302 e. The van der Waals surface area contributed by atoms with E-state index < -0.39 is 17.1 Å². The topological polar surface area (TPSA) is 91.8 Å². The molecule has 0 radical (unpaired) electrons. The Morgan fingerprint density at radius 1 is 1.17 bits per heavy atom. The highest BCUT2D eigenvalue weighted by atomic mass is 16.5. The third-order valence-corrected chi connectivity index (χ3v) is 10.4. The van der Waals surface area contributed by atoms with Crippen LogP contribution in [0.2, 0.25) is 0 Å². The molecule has 3 aliphatic carbocycles. The average Bonchev–Trinajstić information content (AvgIpc) is 3.19. The molecular weight excluding hydrogens is 518 g/mol. The van der Waals surface area contributed by atoms with Gasteiger partial charge in [-0.2, -0.15) is 0 Å². The molecule has 4 aliphatic rings. The molecule has 0 bridgehead atoms. The molecule has 7 heteroatoms. The van der Waals surface area contributed by atoms with E-state index in [4.69, 9.17) is 14.2 Å². The Balaban J connectivity index is 1.46. The number of fused-ring (bicyclic) bond motifs is 4. The number of rotatable bonds is 5. The number of Topliss-reactive ketones (excluding diaryl/α,β-unsaturated/α-hetero) is 1. The van der Waals surface area contributed by atoms with E-state index in [0.717, 1.165) is 34.8 Å². The molecule has 0 spiro atoms. The second-order valence-corrected chi connectivity index (χ2v) is 12.5. The zero-order valence-electron chi connectivity index (χ0n) is 24.2. The summed E-state index contributed by atoms with van der Waals surface area (Å²) in [6.45, 7) is 11.8. The number of esters is 2. The summed E-state index contributed by atoms with van der Waals surface area (Å²) in [5.74, 6) is -0.248. The first-order valence-corrected chi connectivity index (χ1v) is 14.5. The Morgan fingerprint density at radius 3 is 2.71 bits per heavy atom. The van der Waals surface area contributed by atoms with E-state index in [1.54, 1.807) is 6.20 Å².